The van der Waals surface area contributed by atoms with Crippen molar-refractivity contribution in [3.05, 3.63) is 93.5 Å². The molecule has 1 spiro atoms. The van der Waals surface area contributed by atoms with E-state index in [-0.39, 0.29) is 24.7 Å². The molecule has 294 valence electrons. The van der Waals surface area contributed by atoms with Gasteiger partial charge in [0.2, 0.25) is 11.8 Å². The summed E-state index contributed by atoms with van der Waals surface area (Å²) in [5.74, 6) is -1.41. The lowest BCUT2D eigenvalue weighted by Gasteiger charge is -2.40. The first kappa shape index (κ1) is 37.1. The zero-order chi connectivity index (χ0) is 39.6. The normalized spacial score (nSPS) is 23.6. The van der Waals surface area contributed by atoms with Crippen LogP contribution in [0.5, 0.6) is 0 Å². The van der Waals surface area contributed by atoms with Crippen molar-refractivity contribution in [2.45, 2.75) is 84.0 Å². The van der Waals surface area contributed by atoms with E-state index >= 15 is 0 Å². The monoisotopic (exact) mass is 767 g/mol. The average molecular weight is 768 g/mol. The Labute approximate surface area is 333 Å². The first-order valence-electron chi connectivity index (χ1n) is 20.5. The zero-order valence-electron chi connectivity index (χ0n) is 32.8. The van der Waals surface area contributed by atoms with Crippen molar-refractivity contribution in [1.29, 1.82) is 5.26 Å². The van der Waals surface area contributed by atoms with Crippen LogP contribution in [-0.2, 0) is 22.7 Å². The van der Waals surface area contributed by atoms with Gasteiger partial charge in [0.05, 0.1) is 22.8 Å². The minimum absolute atomic E-state index is 0.0828. The van der Waals surface area contributed by atoms with Gasteiger partial charge in [0, 0.05) is 81.8 Å². The number of imide groups is 2. The van der Waals surface area contributed by atoms with Crippen LogP contribution in [-0.4, -0.2) is 95.6 Å². The summed E-state index contributed by atoms with van der Waals surface area (Å²) in [6.45, 7) is 11.0. The largest absolute Gasteiger partial charge is 0.371 e. The molecule has 0 aliphatic carbocycles. The molecule has 0 aromatic heterocycles. The van der Waals surface area contributed by atoms with Gasteiger partial charge in [-0.05, 0) is 135 Å². The molecule has 6 heterocycles. The summed E-state index contributed by atoms with van der Waals surface area (Å²) in [5, 5.41) is 11.6. The number of likely N-dealkylation sites (tertiary alicyclic amines) is 1. The number of nitrogens with zero attached hydrogens (tertiary/aromatic N) is 6. The third-order valence-corrected chi connectivity index (χ3v) is 13.7. The summed E-state index contributed by atoms with van der Waals surface area (Å²) < 4.78 is 0. The number of carbonyl (C=O) groups is 5. The van der Waals surface area contributed by atoms with Crippen molar-refractivity contribution in [3.8, 4) is 6.07 Å². The maximum absolute atomic E-state index is 13.6. The number of aryl methyl sites for hydroxylation is 1. The number of hydrogen-bond acceptors (Lipinski definition) is 9. The molecule has 12 nitrogen and oxygen atoms in total. The average Bonchev–Trinajstić information content (AvgIpc) is 3.84. The number of rotatable bonds is 6. The summed E-state index contributed by atoms with van der Waals surface area (Å²) in [7, 11) is 0. The predicted molar refractivity (Wildman–Crippen MR) is 213 cm³/mol. The Morgan fingerprint density at radius 1 is 0.860 bits per heavy atom. The summed E-state index contributed by atoms with van der Waals surface area (Å²) in [5.41, 5.74) is 7.88. The SMILES string of the molecule is Cc1cc(N2CC3(CCN(c4ccc(C(=O)N5CCC(CN6Cc7cc8c(cc7C6)C(=O)N(C6CCC(=O)NC6=O)C8=O)CC5)cc4)CC3)C[C@@H]2C)ccc1C#N. The van der Waals surface area contributed by atoms with Crippen molar-refractivity contribution >= 4 is 40.9 Å². The minimum atomic E-state index is -0.965. The second-order valence-corrected chi connectivity index (χ2v) is 17.3. The van der Waals surface area contributed by atoms with Crippen LogP contribution < -0.4 is 15.1 Å². The highest BCUT2D eigenvalue weighted by Gasteiger charge is 2.46. The Kier molecular flexibility index (Phi) is 9.39. The van der Waals surface area contributed by atoms with Gasteiger partial charge in [-0.15, -0.1) is 0 Å². The lowest BCUT2D eigenvalue weighted by molar-refractivity contribution is -0.136. The van der Waals surface area contributed by atoms with Gasteiger partial charge in [-0.2, -0.15) is 5.26 Å². The van der Waals surface area contributed by atoms with Gasteiger partial charge in [0.25, 0.3) is 17.7 Å². The lowest BCUT2D eigenvalue weighted by Crippen LogP contribution is -2.54. The Hall–Kier alpha value is -5.54. The highest BCUT2D eigenvalue weighted by atomic mass is 16.2. The molecule has 9 rings (SSSR count). The second kappa shape index (κ2) is 14.4. The fraction of sp³-hybridized carbons (Fsp3) is 0.467. The quantitative estimate of drug-likeness (QED) is 0.343. The Morgan fingerprint density at radius 3 is 2.12 bits per heavy atom. The smallest absolute Gasteiger partial charge is 0.262 e. The van der Waals surface area contributed by atoms with Crippen molar-refractivity contribution in [2.75, 3.05) is 49.1 Å². The first-order valence-corrected chi connectivity index (χ1v) is 20.5. The fourth-order valence-corrected chi connectivity index (χ4v) is 10.5. The number of piperidine rings is 3. The number of amides is 5. The number of nitrogens with one attached hydrogen (secondary N) is 1. The molecule has 0 bridgehead atoms. The lowest BCUT2D eigenvalue weighted by atomic mass is 9.76. The van der Waals surface area contributed by atoms with E-state index in [9.17, 15) is 29.2 Å². The standard InChI is InChI=1S/C45H49N7O5/c1-28-19-36(8-5-32(28)23-46)51-27-45(22-29(51)2)13-17-49(18-14-45)35-6-3-31(4-7-35)42(55)50-15-11-30(12-16-50)24-48-25-33-20-37-38(21-34(33)26-48)44(57)52(43(37)56)39-9-10-40(53)47-41(39)54/h3-8,19-21,29-30,39H,9-18,22,24-27H2,1-2H3,(H,47,53,54)/t29-,39?/m0/s1. The van der Waals surface area contributed by atoms with Crippen LogP contribution in [0.1, 0.15) is 105 Å². The molecule has 6 aliphatic heterocycles. The van der Waals surface area contributed by atoms with Crippen molar-refractivity contribution < 1.29 is 24.0 Å². The molecule has 6 aliphatic rings. The van der Waals surface area contributed by atoms with Crippen LogP contribution in [0.15, 0.2) is 54.6 Å². The van der Waals surface area contributed by atoms with Gasteiger partial charge < -0.3 is 14.7 Å². The number of fused-ring (bicyclic) bond motifs is 2. The zero-order valence-corrected chi connectivity index (χ0v) is 32.8. The topological polar surface area (TPSA) is 137 Å². The van der Waals surface area contributed by atoms with Crippen molar-refractivity contribution in [2.24, 2.45) is 11.3 Å². The van der Waals surface area contributed by atoms with E-state index in [4.69, 9.17) is 0 Å². The molecule has 0 saturated carbocycles. The number of benzene rings is 3. The molecule has 57 heavy (non-hydrogen) atoms. The molecule has 1 unspecified atom stereocenters. The van der Waals surface area contributed by atoms with Gasteiger partial charge >= 0.3 is 0 Å². The van der Waals surface area contributed by atoms with E-state index in [0.29, 0.717) is 54.7 Å². The number of anilines is 2. The molecule has 3 aromatic carbocycles. The summed E-state index contributed by atoms with van der Waals surface area (Å²) in [4.78, 5) is 74.6. The molecule has 12 heteroatoms. The van der Waals surface area contributed by atoms with Crippen LogP contribution in [0, 0.1) is 29.6 Å². The van der Waals surface area contributed by atoms with Crippen LogP contribution in [0.3, 0.4) is 0 Å². The van der Waals surface area contributed by atoms with Gasteiger partial charge in [-0.3, -0.25) is 39.1 Å². The number of nitriles is 1. The van der Waals surface area contributed by atoms with E-state index < -0.39 is 23.8 Å². The number of carbonyl (C=O) groups excluding carboxylic acids is 5. The first-order chi connectivity index (χ1) is 27.5. The molecular formula is C45H49N7O5. The molecular weight excluding hydrogens is 719 g/mol. The summed E-state index contributed by atoms with van der Waals surface area (Å²) in [6.07, 6.45) is 5.52. The van der Waals surface area contributed by atoms with Gasteiger partial charge in [0.1, 0.15) is 6.04 Å². The minimum Gasteiger partial charge on any atom is -0.371 e. The van der Waals surface area contributed by atoms with Gasteiger partial charge in [-0.25, -0.2) is 0 Å². The molecule has 0 radical (unpaired) electrons. The molecule has 2 atom stereocenters. The van der Waals surface area contributed by atoms with E-state index in [1.54, 1.807) is 0 Å². The maximum atomic E-state index is 13.6. The van der Waals surface area contributed by atoms with Crippen LogP contribution >= 0.6 is 0 Å². The second-order valence-electron chi connectivity index (χ2n) is 17.3. The van der Waals surface area contributed by atoms with E-state index in [2.05, 4.69) is 57.3 Å². The molecule has 3 aromatic rings. The highest BCUT2D eigenvalue weighted by Crippen LogP contribution is 2.46. The van der Waals surface area contributed by atoms with Crippen LogP contribution in [0.2, 0.25) is 0 Å². The number of hydrogen-bond donors (Lipinski definition) is 1. The predicted octanol–water partition coefficient (Wildman–Crippen LogP) is 5.02. The fourth-order valence-electron chi connectivity index (χ4n) is 10.5. The van der Waals surface area contributed by atoms with E-state index in [1.165, 1.54) is 17.8 Å². The molecule has 4 fully saturated rings. The summed E-state index contributed by atoms with van der Waals surface area (Å²) >= 11 is 0. The molecule has 5 amide bonds. The Balaban J connectivity index is 0.745. The van der Waals surface area contributed by atoms with Gasteiger partial charge in [0.15, 0.2) is 0 Å². The van der Waals surface area contributed by atoms with Crippen molar-refractivity contribution in [1.82, 2.24) is 20.0 Å². The Bertz CT molecular complexity index is 2170. The molecule has 1 N–H and O–H groups in total. The highest BCUT2D eigenvalue weighted by molar-refractivity contribution is 6.23. The van der Waals surface area contributed by atoms with E-state index in [0.717, 1.165) is 84.6 Å². The summed E-state index contributed by atoms with van der Waals surface area (Å²) in [6, 6.07) is 19.8. The Morgan fingerprint density at radius 2 is 1.51 bits per heavy atom. The third-order valence-electron chi connectivity index (χ3n) is 13.7. The maximum Gasteiger partial charge on any atom is 0.262 e. The third kappa shape index (κ3) is 6.75. The molecule has 4 saturated heterocycles. The van der Waals surface area contributed by atoms with Crippen LogP contribution in [0.4, 0.5) is 11.4 Å². The van der Waals surface area contributed by atoms with Gasteiger partial charge in [-0.1, -0.05) is 0 Å². The van der Waals surface area contributed by atoms with Crippen molar-refractivity contribution in [3.63, 3.8) is 0 Å². The van der Waals surface area contributed by atoms with Crippen LogP contribution in [0.25, 0.3) is 0 Å². The van der Waals surface area contributed by atoms with E-state index in [1.807, 2.05) is 42.2 Å².